The van der Waals surface area contributed by atoms with E-state index in [4.69, 9.17) is 0 Å². The van der Waals surface area contributed by atoms with Crippen LogP contribution in [0.5, 0.6) is 0 Å². The Balaban J connectivity index is 2.59. The molecule has 53 valence electrons. The van der Waals surface area contributed by atoms with Crippen LogP contribution in [0, 0.1) is 6.07 Å². The van der Waals surface area contributed by atoms with Crippen molar-refractivity contribution in [2.75, 3.05) is 0 Å². The Morgan fingerprint density at radius 2 is 2.20 bits per heavy atom. The summed E-state index contributed by atoms with van der Waals surface area (Å²) in [6.45, 7) is 4.50. The molecule has 10 heavy (non-hydrogen) atoms. The summed E-state index contributed by atoms with van der Waals surface area (Å²) in [4.78, 5) is 0.797. The fourth-order valence-corrected chi connectivity index (χ4v) is 2.38. The number of hydrogen-bond donors (Lipinski definition) is 0. The van der Waals surface area contributed by atoms with E-state index < -0.39 is 0 Å². The predicted octanol–water partition coefficient (Wildman–Crippen LogP) is 1.64. The summed E-state index contributed by atoms with van der Waals surface area (Å²) >= 11 is 0.612. The average molecular weight is 198 g/mol. The molecule has 0 N–H and O–H groups in total. The van der Waals surface area contributed by atoms with Gasteiger partial charge in [-0.3, -0.25) is 0 Å². The van der Waals surface area contributed by atoms with Gasteiger partial charge in [0.05, 0.1) is 0 Å². The van der Waals surface area contributed by atoms with Gasteiger partial charge in [-0.1, -0.05) is 0 Å². The maximum atomic E-state index is 3.23. The third-order valence-corrected chi connectivity index (χ3v) is 3.10. The molecule has 0 amide bonds. The Kier molecular flexibility index (Phi) is 2.98. The van der Waals surface area contributed by atoms with Gasteiger partial charge in [-0.05, 0) is 0 Å². The summed E-state index contributed by atoms with van der Waals surface area (Å²) in [5.74, 6) is 0. The zero-order valence-corrected chi connectivity index (χ0v) is 8.01. The molecule has 0 heterocycles. The molecule has 0 nitrogen and oxygen atoms in total. The van der Waals surface area contributed by atoms with E-state index in [2.05, 4.69) is 32.0 Å². The van der Waals surface area contributed by atoms with Crippen LogP contribution >= 0.6 is 0 Å². The third kappa shape index (κ3) is 2.55. The number of hydrogen-bond acceptors (Lipinski definition) is 0. The first-order valence-corrected chi connectivity index (χ1v) is 5.27. The van der Waals surface area contributed by atoms with Gasteiger partial charge in [-0.15, -0.1) is 0 Å². The standard InChI is InChI=1S/C9H11Se/c1-8(2)10-9-6-4-3-5-7-9/h3-6,8H,1-2H3. The van der Waals surface area contributed by atoms with Gasteiger partial charge in [0, 0.05) is 0 Å². The van der Waals surface area contributed by atoms with E-state index in [0.717, 1.165) is 4.82 Å². The summed E-state index contributed by atoms with van der Waals surface area (Å²) in [6.07, 6.45) is 0. The molecule has 0 saturated heterocycles. The second-order valence-corrected chi connectivity index (χ2v) is 5.79. The first kappa shape index (κ1) is 7.84. The molecule has 0 saturated carbocycles. The van der Waals surface area contributed by atoms with E-state index in [-0.39, 0.29) is 0 Å². The summed E-state index contributed by atoms with van der Waals surface area (Å²) in [5.41, 5.74) is 0. The van der Waals surface area contributed by atoms with E-state index in [9.17, 15) is 0 Å². The minimum absolute atomic E-state index is 0.612. The molecule has 0 unspecified atom stereocenters. The van der Waals surface area contributed by atoms with E-state index in [1.54, 1.807) is 0 Å². The van der Waals surface area contributed by atoms with Gasteiger partial charge in [0.25, 0.3) is 0 Å². The van der Waals surface area contributed by atoms with Crippen molar-refractivity contribution in [3.63, 3.8) is 0 Å². The molecule has 0 aromatic heterocycles. The van der Waals surface area contributed by atoms with E-state index in [1.165, 1.54) is 4.46 Å². The topological polar surface area (TPSA) is 0 Å². The Bertz CT molecular complexity index is 179. The van der Waals surface area contributed by atoms with Crippen molar-refractivity contribution in [3.05, 3.63) is 30.3 Å². The first-order chi connectivity index (χ1) is 4.79. The minimum atomic E-state index is 0.612. The molecule has 0 aliphatic carbocycles. The predicted molar refractivity (Wildman–Crippen MR) is 45.8 cm³/mol. The first-order valence-electron chi connectivity index (χ1n) is 3.42. The molecule has 0 spiro atoms. The van der Waals surface area contributed by atoms with Crippen molar-refractivity contribution in [2.45, 2.75) is 18.7 Å². The quantitative estimate of drug-likeness (QED) is 0.634. The molecule has 1 radical (unpaired) electrons. The van der Waals surface area contributed by atoms with Crippen molar-refractivity contribution < 1.29 is 0 Å². The molecule has 0 aliphatic rings. The molecule has 1 heteroatoms. The Labute approximate surface area is 68.8 Å². The van der Waals surface area contributed by atoms with Gasteiger partial charge in [-0.2, -0.15) is 0 Å². The van der Waals surface area contributed by atoms with Crippen LogP contribution < -0.4 is 4.46 Å². The van der Waals surface area contributed by atoms with Crippen molar-refractivity contribution in [2.24, 2.45) is 0 Å². The van der Waals surface area contributed by atoms with Crippen molar-refractivity contribution in [1.82, 2.24) is 0 Å². The van der Waals surface area contributed by atoms with Gasteiger partial charge >= 0.3 is 68.4 Å². The molecular formula is C9H11Se. The van der Waals surface area contributed by atoms with Crippen LogP contribution in [0.1, 0.15) is 13.8 Å². The Hall–Kier alpha value is -0.261. The molecular weight excluding hydrogens is 187 g/mol. The van der Waals surface area contributed by atoms with Crippen LogP contribution in [0.4, 0.5) is 0 Å². The van der Waals surface area contributed by atoms with Gasteiger partial charge in [-0.25, -0.2) is 0 Å². The number of benzene rings is 1. The summed E-state index contributed by atoms with van der Waals surface area (Å²) < 4.78 is 1.38. The molecule has 1 aromatic rings. The molecule has 0 aliphatic heterocycles. The van der Waals surface area contributed by atoms with Crippen LogP contribution in [-0.4, -0.2) is 15.0 Å². The maximum absolute atomic E-state index is 3.23. The fraction of sp³-hybridized carbons (Fsp3) is 0.333. The van der Waals surface area contributed by atoms with Gasteiger partial charge in [0.2, 0.25) is 0 Å². The van der Waals surface area contributed by atoms with Crippen LogP contribution in [0.2, 0.25) is 4.82 Å². The van der Waals surface area contributed by atoms with Crippen LogP contribution in [0.3, 0.4) is 0 Å². The normalized spacial score (nSPS) is 10.3. The van der Waals surface area contributed by atoms with Crippen LogP contribution in [0.15, 0.2) is 24.3 Å². The van der Waals surface area contributed by atoms with E-state index in [1.807, 2.05) is 12.1 Å². The van der Waals surface area contributed by atoms with Gasteiger partial charge in [0.15, 0.2) is 0 Å². The van der Waals surface area contributed by atoms with Crippen molar-refractivity contribution >= 4 is 19.4 Å². The SMILES string of the molecule is CC(C)[Se]c1[c]cccc1. The Morgan fingerprint density at radius 3 is 2.70 bits per heavy atom. The van der Waals surface area contributed by atoms with Crippen LogP contribution in [0.25, 0.3) is 0 Å². The van der Waals surface area contributed by atoms with E-state index >= 15 is 0 Å². The Morgan fingerprint density at radius 1 is 1.40 bits per heavy atom. The fourth-order valence-electron chi connectivity index (χ4n) is 0.704. The van der Waals surface area contributed by atoms with Crippen molar-refractivity contribution in [1.29, 1.82) is 0 Å². The second kappa shape index (κ2) is 3.80. The third-order valence-electron chi connectivity index (χ3n) is 1.04. The molecule has 1 rings (SSSR count). The molecule has 0 bridgehead atoms. The summed E-state index contributed by atoms with van der Waals surface area (Å²) in [5, 5.41) is 0. The number of rotatable bonds is 2. The van der Waals surface area contributed by atoms with Gasteiger partial charge in [0.1, 0.15) is 0 Å². The van der Waals surface area contributed by atoms with E-state index in [0.29, 0.717) is 15.0 Å². The zero-order chi connectivity index (χ0) is 7.40. The van der Waals surface area contributed by atoms with Crippen LogP contribution in [-0.2, 0) is 0 Å². The average Bonchev–Trinajstić information content (AvgIpc) is 1.88. The monoisotopic (exact) mass is 199 g/mol. The second-order valence-electron chi connectivity index (χ2n) is 2.39. The molecule has 0 fully saturated rings. The zero-order valence-electron chi connectivity index (χ0n) is 6.29. The van der Waals surface area contributed by atoms with Gasteiger partial charge < -0.3 is 0 Å². The summed E-state index contributed by atoms with van der Waals surface area (Å²) in [7, 11) is 0. The molecule has 0 atom stereocenters. The van der Waals surface area contributed by atoms with Crippen molar-refractivity contribution in [3.8, 4) is 0 Å². The summed E-state index contributed by atoms with van der Waals surface area (Å²) in [6, 6.07) is 11.5. The molecule has 1 aromatic carbocycles.